The van der Waals surface area contributed by atoms with Crippen LogP contribution in [-0.4, -0.2) is 48.3 Å². The fraction of sp³-hybridized carbons (Fsp3) is 1.00. The molecule has 0 saturated carbocycles. The summed E-state index contributed by atoms with van der Waals surface area (Å²) in [6.45, 7) is 12.7. The van der Waals surface area contributed by atoms with Crippen LogP contribution in [0.2, 0.25) is 5.54 Å². The predicted octanol–water partition coefficient (Wildman–Crippen LogP) is 2.92. The molecule has 1 unspecified atom stereocenters. The molecule has 0 amide bonds. The van der Waals surface area contributed by atoms with Crippen molar-refractivity contribution in [3.63, 3.8) is 0 Å². The third-order valence-electron chi connectivity index (χ3n) is 3.68. The Hall–Kier alpha value is 0.0169. The molecule has 0 heterocycles. The molecule has 0 aliphatic carbocycles. The maximum atomic E-state index is 6.10. The van der Waals surface area contributed by atoms with Gasteiger partial charge in [0, 0.05) is 38.5 Å². The lowest BCUT2D eigenvalue weighted by molar-refractivity contribution is 0.0583. The van der Waals surface area contributed by atoms with E-state index in [4.69, 9.17) is 19.0 Å². The van der Waals surface area contributed by atoms with Crippen LogP contribution in [0.1, 0.15) is 59.8 Å². The summed E-state index contributed by atoms with van der Waals surface area (Å²) in [5, 5.41) is 3.38. The van der Waals surface area contributed by atoms with E-state index < -0.39 is 8.80 Å². The topological polar surface area (TPSA) is 65.7 Å². The Balaban J connectivity index is 4.87. The molecular formula is C16H38N2O3Si. The first-order valence-corrected chi connectivity index (χ1v) is 10.8. The lowest BCUT2D eigenvalue weighted by atomic mass is 10.1. The highest BCUT2D eigenvalue weighted by Crippen LogP contribution is 2.34. The summed E-state index contributed by atoms with van der Waals surface area (Å²) < 4.78 is 18.3. The van der Waals surface area contributed by atoms with E-state index in [2.05, 4.69) is 12.2 Å². The fourth-order valence-corrected chi connectivity index (χ4v) is 5.94. The van der Waals surface area contributed by atoms with Crippen molar-refractivity contribution in [3.05, 3.63) is 0 Å². The van der Waals surface area contributed by atoms with Gasteiger partial charge in [-0.25, -0.2) is 0 Å². The van der Waals surface area contributed by atoms with E-state index in [1.165, 1.54) is 19.3 Å². The van der Waals surface area contributed by atoms with Gasteiger partial charge in [0.25, 0.3) is 0 Å². The zero-order valence-electron chi connectivity index (χ0n) is 15.2. The molecule has 6 heteroatoms. The maximum Gasteiger partial charge on any atom is 0.504 e. The van der Waals surface area contributed by atoms with Crippen molar-refractivity contribution >= 4 is 8.80 Å². The van der Waals surface area contributed by atoms with Crippen LogP contribution in [0, 0.1) is 0 Å². The lowest BCUT2D eigenvalue weighted by Crippen LogP contribution is -2.51. The molecule has 0 saturated heterocycles. The highest BCUT2D eigenvalue weighted by molar-refractivity contribution is 6.62. The maximum absolute atomic E-state index is 6.10. The predicted molar refractivity (Wildman–Crippen MR) is 95.1 cm³/mol. The van der Waals surface area contributed by atoms with E-state index in [1.807, 2.05) is 20.8 Å². The molecule has 0 aliphatic heterocycles. The fourth-order valence-electron chi connectivity index (χ4n) is 2.72. The van der Waals surface area contributed by atoms with Gasteiger partial charge in [-0.1, -0.05) is 26.2 Å². The molecule has 0 rings (SSSR count). The Morgan fingerprint density at radius 2 is 1.45 bits per heavy atom. The van der Waals surface area contributed by atoms with Crippen LogP contribution in [0.5, 0.6) is 0 Å². The zero-order chi connectivity index (χ0) is 16.7. The Morgan fingerprint density at radius 3 is 1.91 bits per heavy atom. The van der Waals surface area contributed by atoms with Crippen molar-refractivity contribution < 1.29 is 13.3 Å². The summed E-state index contributed by atoms with van der Waals surface area (Å²) in [5.74, 6) is 0. The Kier molecular flexibility index (Phi) is 14.6. The van der Waals surface area contributed by atoms with Gasteiger partial charge in [0.15, 0.2) is 0 Å². The second kappa shape index (κ2) is 14.6. The van der Waals surface area contributed by atoms with E-state index in [-0.39, 0.29) is 0 Å². The molecule has 3 N–H and O–H groups in total. The van der Waals surface area contributed by atoms with Gasteiger partial charge in [0.1, 0.15) is 0 Å². The minimum Gasteiger partial charge on any atom is -0.374 e. The summed E-state index contributed by atoms with van der Waals surface area (Å²) in [4.78, 5) is 0. The number of unbranched alkanes of at least 4 members (excludes halogenated alkanes) is 2. The van der Waals surface area contributed by atoms with Gasteiger partial charge in [-0.15, -0.1) is 0 Å². The second-order valence-corrected chi connectivity index (χ2v) is 8.31. The first kappa shape index (κ1) is 22.0. The molecule has 22 heavy (non-hydrogen) atoms. The van der Waals surface area contributed by atoms with Crippen LogP contribution < -0.4 is 11.1 Å². The summed E-state index contributed by atoms with van der Waals surface area (Å²) >= 11 is 0. The van der Waals surface area contributed by atoms with E-state index in [0.29, 0.717) is 31.9 Å². The minimum absolute atomic E-state index is 0.365. The van der Waals surface area contributed by atoms with Crippen LogP contribution in [0.25, 0.3) is 0 Å². The molecule has 0 bridgehead atoms. The standard InChI is InChI=1S/C16H38N2O3Si/c1-5-9-10-11-16(12-14-18-15-13-17)22(19-6-2,20-7-3)21-8-4/h16,18H,5-15,17H2,1-4H3. The minimum atomic E-state index is -2.61. The molecule has 0 aromatic carbocycles. The van der Waals surface area contributed by atoms with Gasteiger partial charge in [-0.05, 0) is 40.2 Å². The molecule has 0 aromatic heterocycles. The largest absolute Gasteiger partial charge is 0.504 e. The highest BCUT2D eigenvalue weighted by Gasteiger charge is 2.48. The number of hydrogen-bond donors (Lipinski definition) is 2. The van der Waals surface area contributed by atoms with E-state index in [0.717, 1.165) is 25.9 Å². The molecule has 0 aliphatic rings. The summed E-state index contributed by atoms with van der Waals surface area (Å²) in [6, 6.07) is 0. The van der Waals surface area contributed by atoms with E-state index in [1.54, 1.807) is 0 Å². The zero-order valence-corrected chi connectivity index (χ0v) is 16.2. The third-order valence-corrected chi connectivity index (χ3v) is 7.33. The van der Waals surface area contributed by atoms with Crippen LogP contribution in [0.3, 0.4) is 0 Å². The van der Waals surface area contributed by atoms with E-state index in [9.17, 15) is 0 Å². The number of nitrogens with one attached hydrogen (secondary N) is 1. The second-order valence-electron chi connectivity index (χ2n) is 5.42. The van der Waals surface area contributed by atoms with Crippen LogP contribution >= 0.6 is 0 Å². The van der Waals surface area contributed by atoms with Gasteiger partial charge >= 0.3 is 8.80 Å². The van der Waals surface area contributed by atoms with Crippen molar-refractivity contribution in [3.8, 4) is 0 Å². The van der Waals surface area contributed by atoms with Gasteiger partial charge in [-0.3, -0.25) is 0 Å². The van der Waals surface area contributed by atoms with Gasteiger partial charge in [0.05, 0.1) is 0 Å². The number of rotatable bonds is 16. The monoisotopic (exact) mass is 334 g/mol. The summed E-state index contributed by atoms with van der Waals surface area (Å²) in [6.07, 6.45) is 5.83. The Labute approximate surface area is 138 Å². The summed E-state index contributed by atoms with van der Waals surface area (Å²) in [5.41, 5.74) is 5.91. The van der Waals surface area contributed by atoms with E-state index >= 15 is 0 Å². The Morgan fingerprint density at radius 1 is 0.864 bits per heavy atom. The molecule has 0 fully saturated rings. The quantitative estimate of drug-likeness (QED) is 0.336. The van der Waals surface area contributed by atoms with Gasteiger partial charge in [-0.2, -0.15) is 0 Å². The average molecular weight is 335 g/mol. The van der Waals surface area contributed by atoms with Gasteiger partial charge in [0.2, 0.25) is 0 Å². The lowest BCUT2D eigenvalue weighted by Gasteiger charge is -2.35. The molecule has 0 aromatic rings. The van der Waals surface area contributed by atoms with Crippen molar-refractivity contribution in [1.82, 2.24) is 5.32 Å². The smallest absolute Gasteiger partial charge is 0.374 e. The number of nitrogens with two attached hydrogens (primary N) is 1. The molecule has 0 spiro atoms. The van der Waals surface area contributed by atoms with Crippen molar-refractivity contribution in [2.24, 2.45) is 5.73 Å². The normalized spacial score (nSPS) is 13.5. The average Bonchev–Trinajstić information content (AvgIpc) is 2.50. The van der Waals surface area contributed by atoms with Gasteiger partial charge < -0.3 is 24.3 Å². The van der Waals surface area contributed by atoms with Crippen molar-refractivity contribution in [2.75, 3.05) is 39.5 Å². The highest BCUT2D eigenvalue weighted by atomic mass is 28.4. The summed E-state index contributed by atoms with van der Waals surface area (Å²) in [7, 11) is -2.61. The van der Waals surface area contributed by atoms with Crippen LogP contribution in [0.4, 0.5) is 0 Å². The first-order valence-electron chi connectivity index (χ1n) is 9.03. The molecular weight excluding hydrogens is 296 g/mol. The SMILES string of the molecule is CCCCCC(CCNCCN)[Si](OCC)(OCC)OCC. The molecule has 1 atom stereocenters. The van der Waals surface area contributed by atoms with Crippen molar-refractivity contribution in [1.29, 1.82) is 0 Å². The van der Waals surface area contributed by atoms with Crippen LogP contribution in [0.15, 0.2) is 0 Å². The molecule has 5 nitrogen and oxygen atoms in total. The first-order chi connectivity index (χ1) is 10.7. The molecule has 134 valence electrons. The van der Waals surface area contributed by atoms with Crippen LogP contribution in [-0.2, 0) is 13.3 Å². The third kappa shape index (κ3) is 8.60. The Bertz CT molecular complexity index is 228. The van der Waals surface area contributed by atoms with Crippen molar-refractivity contribution in [2.45, 2.75) is 65.3 Å². The molecule has 0 radical (unpaired) electrons. The number of hydrogen-bond acceptors (Lipinski definition) is 5.